The van der Waals surface area contributed by atoms with E-state index in [2.05, 4.69) is 31.9 Å². The third-order valence-electron chi connectivity index (χ3n) is 3.00. The van der Waals surface area contributed by atoms with Crippen molar-refractivity contribution in [2.75, 3.05) is 10.6 Å². The zero-order chi connectivity index (χ0) is 16.9. The average molecular weight is 357 g/mol. The van der Waals surface area contributed by atoms with Gasteiger partial charge in [0.25, 0.3) is 0 Å². The van der Waals surface area contributed by atoms with Crippen LogP contribution in [0.15, 0.2) is 48.7 Å². The molecule has 118 valence electrons. The fraction of sp³-hybridized carbons (Fsp3) is 0. The van der Waals surface area contributed by atoms with Gasteiger partial charge < -0.3 is 10.6 Å². The Hall–Kier alpha value is -2.88. The van der Waals surface area contributed by atoms with Crippen molar-refractivity contribution in [3.8, 4) is 6.07 Å². The second-order valence-electron chi connectivity index (χ2n) is 4.74. The zero-order valence-corrected chi connectivity index (χ0v) is 13.7. The van der Waals surface area contributed by atoms with Crippen LogP contribution in [0.2, 0.25) is 10.0 Å². The Morgan fingerprint density at radius 2 is 1.79 bits per heavy atom. The van der Waals surface area contributed by atoms with E-state index in [1.54, 1.807) is 36.4 Å². The number of hydrogen-bond donors (Lipinski definition) is 2. The second-order valence-corrected chi connectivity index (χ2v) is 5.55. The molecule has 0 bridgehead atoms. The summed E-state index contributed by atoms with van der Waals surface area (Å²) in [5.74, 6) is 0.789. The molecule has 3 rings (SSSR count). The predicted octanol–water partition coefficient (Wildman–Crippen LogP) is 4.54. The summed E-state index contributed by atoms with van der Waals surface area (Å²) in [6.07, 6.45) is 1.49. The van der Waals surface area contributed by atoms with Crippen LogP contribution in [-0.2, 0) is 0 Å². The van der Waals surface area contributed by atoms with Crippen LogP contribution in [0.4, 0.5) is 23.1 Å². The largest absolute Gasteiger partial charge is 0.339 e. The molecule has 0 radical (unpaired) electrons. The fourth-order valence-electron chi connectivity index (χ4n) is 1.93. The molecule has 0 aliphatic rings. The van der Waals surface area contributed by atoms with Crippen molar-refractivity contribution in [2.45, 2.75) is 0 Å². The van der Waals surface area contributed by atoms with Crippen molar-refractivity contribution in [2.24, 2.45) is 0 Å². The van der Waals surface area contributed by atoms with Crippen LogP contribution in [0, 0.1) is 11.3 Å². The molecule has 0 spiro atoms. The van der Waals surface area contributed by atoms with Gasteiger partial charge in [-0.2, -0.15) is 15.3 Å². The number of aromatic nitrogens is 3. The van der Waals surface area contributed by atoms with Crippen molar-refractivity contribution in [1.82, 2.24) is 15.2 Å². The van der Waals surface area contributed by atoms with Crippen molar-refractivity contribution in [3.63, 3.8) is 0 Å². The molecule has 3 aromatic rings. The van der Waals surface area contributed by atoms with E-state index in [1.807, 2.05) is 6.07 Å². The molecule has 0 saturated heterocycles. The van der Waals surface area contributed by atoms with Gasteiger partial charge in [-0.1, -0.05) is 29.3 Å². The SMILES string of the molecule is N#Cc1cccc(Nc2cnnc(Nc3ccc(Cl)c(Cl)c3)n2)c1. The molecule has 0 atom stereocenters. The Labute approximate surface area is 148 Å². The molecule has 0 saturated carbocycles. The van der Waals surface area contributed by atoms with Gasteiger partial charge in [0.15, 0.2) is 5.82 Å². The molecule has 6 nitrogen and oxygen atoms in total. The van der Waals surface area contributed by atoms with Gasteiger partial charge in [-0.25, -0.2) is 0 Å². The lowest BCUT2D eigenvalue weighted by atomic mass is 10.2. The molecule has 0 unspecified atom stereocenters. The summed E-state index contributed by atoms with van der Waals surface area (Å²) < 4.78 is 0. The van der Waals surface area contributed by atoms with Gasteiger partial charge in [0.1, 0.15) is 0 Å². The maximum absolute atomic E-state index is 8.93. The van der Waals surface area contributed by atoms with E-state index in [0.717, 1.165) is 5.69 Å². The van der Waals surface area contributed by atoms with Crippen molar-refractivity contribution >= 4 is 46.3 Å². The Bertz CT molecular complexity index is 922. The lowest BCUT2D eigenvalue weighted by molar-refractivity contribution is 0.982. The first kappa shape index (κ1) is 16.0. The van der Waals surface area contributed by atoms with E-state index in [4.69, 9.17) is 28.5 Å². The Balaban J connectivity index is 1.78. The summed E-state index contributed by atoms with van der Waals surface area (Å²) in [6, 6.07) is 14.2. The minimum Gasteiger partial charge on any atom is -0.339 e. The molecular formula is C16H10Cl2N6. The molecule has 0 aliphatic carbocycles. The fourth-order valence-corrected chi connectivity index (χ4v) is 2.23. The first-order chi connectivity index (χ1) is 11.6. The minimum absolute atomic E-state index is 0.301. The average Bonchev–Trinajstić information content (AvgIpc) is 2.59. The standard InChI is InChI=1S/C16H10Cl2N6/c17-13-5-4-12(7-14(13)18)22-16-23-15(9-20-24-16)21-11-3-1-2-10(6-11)8-19/h1-7,9H,(H2,21,22,23,24). The number of halogens is 2. The highest BCUT2D eigenvalue weighted by Gasteiger charge is 2.04. The van der Waals surface area contributed by atoms with Crippen LogP contribution in [0.3, 0.4) is 0 Å². The quantitative estimate of drug-likeness (QED) is 0.713. The van der Waals surface area contributed by atoms with Gasteiger partial charge in [-0.3, -0.25) is 0 Å². The summed E-state index contributed by atoms with van der Waals surface area (Å²) in [5, 5.41) is 23.7. The summed E-state index contributed by atoms with van der Waals surface area (Å²) >= 11 is 11.9. The second kappa shape index (κ2) is 7.13. The topological polar surface area (TPSA) is 86.5 Å². The summed E-state index contributed by atoms with van der Waals surface area (Å²) in [7, 11) is 0. The number of benzene rings is 2. The van der Waals surface area contributed by atoms with E-state index >= 15 is 0 Å². The highest BCUT2D eigenvalue weighted by molar-refractivity contribution is 6.42. The smallest absolute Gasteiger partial charge is 0.249 e. The molecule has 2 aromatic carbocycles. The maximum Gasteiger partial charge on any atom is 0.249 e. The van der Waals surface area contributed by atoms with E-state index in [9.17, 15) is 0 Å². The molecule has 24 heavy (non-hydrogen) atoms. The lowest BCUT2D eigenvalue weighted by Crippen LogP contribution is -2.02. The minimum atomic E-state index is 0.301. The van der Waals surface area contributed by atoms with Crippen LogP contribution in [0.25, 0.3) is 0 Å². The van der Waals surface area contributed by atoms with E-state index in [0.29, 0.717) is 33.1 Å². The van der Waals surface area contributed by atoms with E-state index in [-0.39, 0.29) is 0 Å². The summed E-state index contributed by atoms with van der Waals surface area (Å²) in [4.78, 5) is 4.32. The van der Waals surface area contributed by atoms with Crippen LogP contribution >= 0.6 is 23.2 Å². The Kier molecular flexibility index (Phi) is 4.75. The van der Waals surface area contributed by atoms with Crippen LogP contribution < -0.4 is 10.6 Å². The highest BCUT2D eigenvalue weighted by atomic mass is 35.5. The van der Waals surface area contributed by atoms with E-state index < -0.39 is 0 Å². The molecule has 0 amide bonds. The van der Waals surface area contributed by atoms with Gasteiger partial charge >= 0.3 is 0 Å². The summed E-state index contributed by atoms with van der Waals surface area (Å²) in [6.45, 7) is 0. The van der Waals surface area contributed by atoms with Gasteiger partial charge in [-0.15, -0.1) is 5.10 Å². The highest BCUT2D eigenvalue weighted by Crippen LogP contribution is 2.26. The molecular weight excluding hydrogens is 347 g/mol. The number of nitriles is 1. The molecule has 1 heterocycles. The first-order valence-corrected chi connectivity index (χ1v) is 7.58. The van der Waals surface area contributed by atoms with Gasteiger partial charge in [0.05, 0.1) is 27.9 Å². The molecule has 8 heteroatoms. The molecule has 0 aliphatic heterocycles. The molecule has 0 fully saturated rings. The van der Waals surface area contributed by atoms with Crippen molar-refractivity contribution in [1.29, 1.82) is 5.26 Å². The number of anilines is 4. The third-order valence-corrected chi connectivity index (χ3v) is 3.74. The molecule has 2 N–H and O–H groups in total. The van der Waals surface area contributed by atoms with Crippen LogP contribution in [0.5, 0.6) is 0 Å². The predicted molar refractivity (Wildman–Crippen MR) is 94.0 cm³/mol. The zero-order valence-electron chi connectivity index (χ0n) is 12.2. The Morgan fingerprint density at radius 1 is 0.958 bits per heavy atom. The first-order valence-electron chi connectivity index (χ1n) is 6.83. The number of hydrogen-bond acceptors (Lipinski definition) is 6. The maximum atomic E-state index is 8.93. The van der Waals surface area contributed by atoms with Crippen molar-refractivity contribution in [3.05, 3.63) is 64.3 Å². The van der Waals surface area contributed by atoms with Crippen molar-refractivity contribution < 1.29 is 0 Å². The number of nitrogens with one attached hydrogen (secondary N) is 2. The monoisotopic (exact) mass is 356 g/mol. The van der Waals surface area contributed by atoms with Gasteiger partial charge in [-0.05, 0) is 36.4 Å². The lowest BCUT2D eigenvalue weighted by Gasteiger charge is -2.08. The van der Waals surface area contributed by atoms with Gasteiger partial charge in [0, 0.05) is 11.4 Å². The van der Waals surface area contributed by atoms with Crippen LogP contribution in [0.1, 0.15) is 5.56 Å². The third kappa shape index (κ3) is 3.90. The normalized spacial score (nSPS) is 10.0. The Morgan fingerprint density at radius 3 is 2.58 bits per heavy atom. The van der Waals surface area contributed by atoms with E-state index in [1.165, 1.54) is 6.20 Å². The van der Waals surface area contributed by atoms with Crippen LogP contribution in [-0.4, -0.2) is 15.2 Å². The number of rotatable bonds is 4. The van der Waals surface area contributed by atoms with Gasteiger partial charge in [0.2, 0.25) is 5.95 Å². The molecule has 1 aromatic heterocycles. The number of nitrogens with zero attached hydrogens (tertiary/aromatic N) is 4. The summed E-state index contributed by atoms with van der Waals surface area (Å²) in [5.41, 5.74) is 1.97.